The summed E-state index contributed by atoms with van der Waals surface area (Å²) in [6.07, 6.45) is -3.53. The number of rotatable bonds is 8. The third-order valence-corrected chi connectivity index (χ3v) is 8.79. The van der Waals surface area contributed by atoms with Gasteiger partial charge < -0.3 is 38.1 Å². The van der Waals surface area contributed by atoms with E-state index in [2.05, 4.69) is 4.98 Å². The predicted molar refractivity (Wildman–Crippen MR) is 155 cm³/mol. The molecule has 16 nitrogen and oxygen atoms in total. The number of carbonyl (C=O) groups excluding carboxylic acids is 6. The van der Waals surface area contributed by atoms with Gasteiger partial charge in [0, 0.05) is 59.4 Å². The van der Waals surface area contributed by atoms with Crippen molar-refractivity contribution < 1.29 is 61.9 Å². The van der Waals surface area contributed by atoms with Gasteiger partial charge in [-0.05, 0) is 12.8 Å². The summed E-state index contributed by atoms with van der Waals surface area (Å²) in [5.41, 5.74) is 1.94. The molecule has 4 aliphatic rings. The van der Waals surface area contributed by atoms with Gasteiger partial charge in [0.2, 0.25) is 18.5 Å². The number of piperidine rings is 1. The van der Waals surface area contributed by atoms with Crippen molar-refractivity contribution in [3.8, 4) is 0 Å². The first kappa shape index (κ1) is 34.0. The van der Waals surface area contributed by atoms with Gasteiger partial charge in [0.15, 0.2) is 18.3 Å². The van der Waals surface area contributed by atoms with Gasteiger partial charge in [-0.25, -0.2) is 4.98 Å². The van der Waals surface area contributed by atoms with Crippen molar-refractivity contribution in [3.05, 3.63) is 29.6 Å². The highest BCUT2D eigenvalue weighted by atomic mass is 16.8. The highest BCUT2D eigenvalue weighted by molar-refractivity contribution is 5.95. The lowest BCUT2D eigenvalue weighted by molar-refractivity contribution is -0.344. The quantitative estimate of drug-likeness (QED) is 0.287. The van der Waals surface area contributed by atoms with E-state index in [0.717, 1.165) is 26.5 Å². The van der Waals surface area contributed by atoms with Gasteiger partial charge in [0.1, 0.15) is 19.0 Å². The molecule has 0 unspecified atom stereocenters. The number of nitrogens with zero attached hydrogens (tertiary/aromatic N) is 3. The Balaban J connectivity index is 1.46. The fourth-order valence-corrected chi connectivity index (χ4v) is 6.90. The van der Waals surface area contributed by atoms with Crippen molar-refractivity contribution in [1.82, 2.24) is 14.5 Å². The van der Waals surface area contributed by atoms with Crippen molar-refractivity contribution in [2.75, 3.05) is 13.2 Å². The minimum absolute atomic E-state index is 0.161. The molecule has 0 aliphatic carbocycles. The zero-order valence-electron chi connectivity index (χ0n) is 27.0. The van der Waals surface area contributed by atoms with E-state index in [0.29, 0.717) is 37.1 Å². The van der Waals surface area contributed by atoms with Crippen LogP contribution in [0.25, 0.3) is 0 Å². The van der Waals surface area contributed by atoms with Crippen molar-refractivity contribution in [2.24, 2.45) is 11.8 Å². The molecule has 1 aromatic heterocycles. The molecule has 9 atom stereocenters. The standard InChI is InChI=1S/C31H39N3O13/c1-7-19-20-10-23-25-22(34(13-32-25)14(2)35)8-9-33(23)29(40)21(20)11-42-30(19)47-31-28(45-18(6)39)27(44-17(5)38)26(43-16(4)37)24(46-31)12-41-15(3)36/h11,13,19-20,23-24,26-28,30-31H,7-10,12H2,1-6H3/t19-,20+,23-,24-,26-,27+,28-,30+,31+/m1/s1. The van der Waals surface area contributed by atoms with E-state index in [1.54, 1.807) is 4.90 Å². The zero-order chi connectivity index (χ0) is 34.2. The molecule has 0 aromatic carbocycles. The lowest BCUT2D eigenvalue weighted by Gasteiger charge is -2.49. The second-order valence-corrected chi connectivity index (χ2v) is 11.9. The molecular weight excluding hydrogens is 622 g/mol. The van der Waals surface area contributed by atoms with Crippen LogP contribution in [-0.2, 0) is 63.6 Å². The van der Waals surface area contributed by atoms with Gasteiger partial charge in [-0.15, -0.1) is 0 Å². The first-order valence-electron chi connectivity index (χ1n) is 15.5. The molecule has 5 rings (SSSR count). The summed E-state index contributed by atoms with van der Waals surface area (Å²) >= 11 is 0. The number of fused-ring (bicyclic) bond motifs is 4. The van der Waals surface area contributed by atoms with Crippen LogP contribution in [0.4, 0.5) is 0 Å². The van der Waals surface area contributed by atoms with Gasteiger partial charge in [-0.2, -0.15) is 0 Å². The summed E-state index contributed by atoms with van der Waals surface area (Å²) in [7, 11) is 0. The molecule has 256 valence electrons. The Morgan fingerprint density at radius 2 is 1.57 bits per heavy atom. The average Bonchev–Trinajstić information content (AvgIpc) is 3.44. The third-order valence-electron chi connectivity index (χ3n) is 8.79. The van der Waals surface area contributed by atoms with Crippen LogP contribution in [0.2, 0.25) is 0 Å². The molecular formula is C31H39N3O13. The van der Waals surface area contributed by atoms with Crippen LogP contribution < -0.4 is 0 Å². The second-order valence-electron chi connectivity index (χ2n) is 11.9. The van der Waals surface area contributed by atoms with Gasteiger partial charge in [0.05, 0.1) is 29.3 Å². The van der Waals surface area contributed by atoms with Crippen molar-refractivity contribution in [1.29, 1.82) is 0 Å². The van der Waals surface area contributed by atoms with Crippen LogP contribution in [0.15, 0.2) is 18.2 Å². The second kappa shape index (κ2) is 13.8. The topological polar surface area (TPSA) is 188 Å². The number of aromatic nitrogens is 2. The van der Waals surface area contributed by atoms with Crippen LogP contribution in [0.5, 0.6) is 0 Å². The van der Waals surface area contributed by atoms with Crippen LogP contribution in [0.3, 0.4) is 0 Å². The van der Waals surface area contributed by atoms with Crippen molar-refractivity contribution >= 4 is 35.7 Å². The maximum Gasteiger partial charge on any atom is 0.303 e. The zero-order valence-corrected chi connectivity index (χ0v) is 27.0. The molecule has 0 radical (unpaired) electrons. The van der Waals surface area contributed by atoms with E-state index >= 15 is 0 Å². The van der Waals surface area contributed by atoms with E-state index in [1.165, 1.54) is 31.0 Å². The molecule has 47 heavy (non-hydrogen) atoms. The Morgan fingerprint density at radius 3 is 2.19 bits per heavy atom. The monoisotopic (exact) mass is 661 g/mol. The fourth-order valence-electron chi connectivity index (χ4n) is 6.90. The highest BCUT2D eigenvalue weighted by Crippen LogP contribution is 2.48. The maximum atomic E-state index is 13.7. The number of hydrogen-bond donors (Lipinski definition) is 0. The molecule has 4 aliphatic heterocycles. The molecule has 2 saturated heterocycles. The molecule has 0 spiro atoms. The molecule has 0 N–H and O–H groups in total. The highest BCUT2D eigenvalue weighted by Gasteiger charge is 2.55. The summed E-state index contributed by atoms with van der Waals surface area (Å²) < 4.78 is 41.6. The van der Waals surface area contributed by atoms with Crippen LogP contribution >= 0.6 is 0 Å². The lowest BCUT2D eigenvalue weighted by Crippen LogP contribution is -2.63. The van der Waals surface area contributed by atoms with E-state index in [4.69, 9.17) is 33.2 Å². The molecule has 2 fully saturated rings. The minimum atomic E-state index is -1.45. The van der Waals surface area contributed by atoms with Gasteiger partial charge in [-0.3, -0.25) is 33.3 Å². The summed E-state index contributed by atoms with van der Waals surface area (Å²) in [6, 6.07) is -0.368. The van der Waals surface area contributed by atoms with E-state index in [9.17, 15) is 28.8 Å². The summed E-state index contributed by atoms with van der Waals surface area (Å²) in [5, 5.41) is 0. The molecule has 16 heteroatoms. The molecule has 0 bridgehead atoms. The molecule has 0 saturated carbocycles. The Hall–Kier alpha value is -4.31. The summed E-state index contributed by atoms with van der Waals surface area (Å²) in [6.45, 7) is 7.97. The predicted octanol–water partition coefficient (Wildman–Crippen LogP) is 1.36. The van der Waals surface area contributed by atoms with Gasteiger partial charge >= 0.3 is 23.9 Å². The first-order chi connectivity index (χ1) is 22.3. The number of esters is 4. The number of amides is 1. The summed E-state index contributed by atoms with van der Waals surface area (Å²) in [4.78, 5) is 80.4. The molecule has 5 heterocycles. The maximum absolute atomic E-state index is 13.7. The minimum Gasteiger partial charge on any atom is -0.472 e. The van der Waals surface area contributed by atoms with Crippen LogP contribution in [-0.4, -0.2) is 100 Å². The summed E-state index contributed by atoms with van der Waals surface area (Å²) in [5.74, 6) is -4.04. The first-order valence-corrected chi connectivity index (χ1v) is 15.5. The molecule has 1 aromatic rings. The van der Waals surface area contributed by atoms with E-state index in [-0.39, 0.29) is 23.8 Å². The van der Waals surface area contributed by atoms with E-state index in [1.807, 2.05) is 6.92 Å². The Bertz CT molecular complexity index is 1470. The number of carbonyl (C=O) groups is 6. The van der Waals surface area contributed by atoms with Gasteiger partial charge in [0.25, 0.3) is 5.91 Å². The average molecular weight is 662 g/mol. The number of hydrogen-bond acceptors (Lipinski definition) is 14. The third kappa shape index (κ3) is 6.88. The SMILES string of the molecule is CC[C@H]1[C@H](O[C@@H]2O[C@H](COC(C)=O)[C@@H](OC(C)=O)[C@H](OC(C)=O)[C@H]2OC(C)=O)OC=C2C(=O)N3CCc4c(ncn4C(C)=O)[C@H]3C[C@H]21. The Morgan fingerprint density at radius 1 is 0.915 bits per heavy atom. The van der Waals surface area contributed by atoms with Gasteiger partial charge in [-0.1, -0.05) is 6.92 Å². The Kier molecular flexibility index (Phi) is 10.0. The fraction of sp³-hybridized carbons (Fsp3) is 0.645. The van der Waals surface area contributed by atoms with Crippen molar-refractivity contribution in [2.45, 2.75) is 104 Å². The van der Waals surface area contributed by atoms with Crippen LogP contribution in [0, 0.1) is 11.8 Å². The van der Waals surface area contributed by atoms with Crippen molar-refractivity contribution in [3.63, 3.8) is 0 Å². The van der Waals surface area contributed by atoms with Crippen LogP contribution in [0.1, 0.15) is 76.6 Å². The number of ether oxygens (including phenoxy) is 7. The normalized spacial score (nSPS) is 31.2. The largest absolute Gasteiger partial charge is 0.472 e. The Labute approximate surface area is 270 Å². The number of imidazole rings is 1. The lowest BCUT2D eigenvalue weighted by atomic mass is 9.73. The van der Waals surface area contributed by atoms with E-state index < -0.39 is 73.4 Å². The molecule has 1 amide bonds. The smallest absolute Gasteiger partial charge is 0.303 e.